The number of halogens is 3. The van der Waals surface area contributed by atoms with E-state index in [0.29, 0.717) is 16.0 Å². The first kappa shape index (κ1) is 26.8. The largest absolute Gasteiger partial charge is 0.508 e. The molecule has 0 bridgehead atoms. The highest BCUT2D eigenvalue weighted by Crippen LogP contribution is 2.48. The van der Waals surface area contributed by atoms with Crippen LogP contribution >= 0.6 is 0 Å². The molecule has 4 aromatic rings. The van der Waals surface area contributed by atoms with Gasteiger partial charge in [0, 0.05) is 0 Å². The number of fused-ring (bicyclic) bond motifs is 2. The molecule has 0 fully saturated rings. The molecule has 6 rings (SSSR count). The van der Waals surface area contributed by atoms with Crippen molar-refractivity contribution in [2.45, 2.75) is 18.5 Å². The van der Waals surface area contributed by atoms with Gasteiger partial charge < -0.3 is 10.2 Å². The number of nitrogens with one attached hydrogen (secondary N) is 1. The number of carbonyl (C=O) groups is 4. The number of aromatic hydroxyl groups is 2. The van der Waals surface area contributed by atoms with Crippen molar-refractivity contribution in [1.82, 2.24) is 5.32 Å². The van der Waals surface area contributed by atoms with E-state index in [1.807, 2.05) is 0 Å². The average molecular weight is 572 g/mol. The van der Waals surface area contributed by atoms with E-state index in [0.717, 1.165) is 49.4 Å². The van der Waals surface area contributed by atoms with Crippen LogP contribution in [0.2, 0.25) is 0 Å². The minimum absolute atomic E-state index is 0.0280. The van der Waals surface area contributed by atoms with Gasteiger partial charge in [-0.1, -0.05) is 30.3 Å². The standard InChI is InChI=1S/C31H19F3N2O6/c1-30(31(32,33)34,17-4-7-19(37)8-5-17)18-6-11-25(38)24(14-18)36-28(41)21-10-3-16(13-23(21)29(36)42)15-2-9-20-22(12-15)27(40)35-26(20)39/h2-14,37-38H,1H3,(H,35,39,40). The first-order valence-electron chi connectivity index (χ1n) is 12.5. The molecule has 0 aliphatic carbocycles. The normalized spacial score (nSPS) is 15.9. The first-order chi connectivity index (χ1) is 19.8. The lowest BCUT2D eigenvalue weighted by Crippen LogP contribution is -2.41. The number of anilines is 1. The van der Waals surface area contributed by atoms with Crippen molar-refractivity contribution in [2.75, 3.05) is 4.90 Å². The highest BCUT2D eigenvalue weighted by Gasteiger charge is 2.54. The fraction of sp³-hybridized carbons (Fsp3) is 0.0968. The zero-order valence-electron chi connectivity index (χ0n) is 21.6. The predicted octanol–water partition coefficient (Wildman–Crippen LogP) is 5.32. The fourth-order valence-electron chi connectivity index (χ4n) is 5.29. The molecule has 4 amide bonds. The van der Waals surface area contributed by atoms with Gasteiger partial charge in [-0.05, 0) is 77.7 Å². The summed E-state index contributed by atoms with van der Waals surface area (Å²) in [5, 5.41) is 22.4. The molecule has 0 saturated heterocycles. The van der Waals surface area contributed by atoms with E-state index < -0.39 is 46.7 Å². The third-order valence-corrected chi connectivity index (χ3v) is 7.76. The van der Waals surface area contributed by atoms with E-state index in [-0.39, 0.29) is 39.1 Å². The van der Waals surface area contributed by atoms with Gasteiger partial charge in [0.25, 0.3) is 23.6 Å². The van der Waals surface area contributed by atoms with Crippen LogP contribution in [0.1, 0.15) is 59.5 Å². The molecule has 1 unspecified atom stereocenters. The third kappa shape index (κ3) is 3.85. The summed E-state index contributed by atoms with van der Waals surface area (Å²) in [6.07, 6.45) is -4.84. The van der Waals surface area contributed by atoms with Gasteiger partial charge in [0.2, 0.25) is 0 Å². The Bertz CT molecular complexity index is 1870. The van der Waals surface area contributed by atoms with Crippen LogP contribution < -0.4 is 10.2 Å². The molecule has 2 heterocycles. The average Bonchev–Trinajstić information content (AvgIpc) is 3.38. The molecule has 42 heavy (non-hydrogen) atoms. The van der Waals surface area contributed by atoms with Crippen LogP contribution in [0.25, 0.3) is 11.1 Å². The van der Waals surface area contributed by atoms with Crippen molar-refractivity contribution in [3.05, 3.63) is 112 Å². The second-order valence-electron chi connectivity index (χ2n) is 10.1. The van der Waals surface area contributed by atoms with Gasteiger partial charge in [-0.2, -0.15) is 13.2 Å². The number of alkyl halides is 3. The summed E-state index contributed by atoms with van der Waals surface area (Å²) >= 11 is 0. The Morgan fingerprint density at radius 2 is 1.19 bits per heavy atom. The minimum atomic E-state index is -4.84. The Labute approximate surface area is 235 Å². The van der Waals surface area contributed by atoms with E-state index >= 15 is 0 Å². The Balaban J connectivity index is 1.41. The highest BCUT2D eigenvalue weighted by atomic mass is 19.4. The molecule has 0 radical (unpaired) electrons. The van der Waals surface area contributed by atoms with Crippen molar-refractivity contribution >= 4 is 29.3 Å². The second-order valence-corrected chi connectivity index (χ2v) is 10.1. The maximum absolute atomic E-state index is 14.6. The second kappa shape index (κ2) is 9.03. The molecule has 11 heteroatoms. The zero-order chi connectivity index (χ0) is 30.1. The number of imide groups is 2. The molecular formula is C31H19F3N2O6. The maximum atomic E-state index is 14.6. The van der Waals surface area contributed by atoms with E-state index in [1.54, 1.807) is 6.07 Å². The van der Waals surface area contributed by atoms with Gasteiger partial charge in [-0.25, -0.2) is 4.90 Å². The number of carbonyl (C=O) groups excluding carboxylic acids is 4. The number of phenols is 2. The van der Waals surface area contributed by atoms with Crippen LogP contribution in [0.3, 0.4) is 0 Å². The van der Waals surface area contributed by atoms with Gasteiger partial charge in [-0.3, -0.25) is 24.5 Å². The lowest BCUT2D eigenvalue weighted by atomic mass is 9.75. The van der Waals surface area contributed by atoms with Crippen LogP contribution in [0.4, 0.5) is 18.9 Å². The summed E-state index contributed by atoms with van der Waals surface area (Å²) in [4.78, 5) is 51.5. The maximum Gasteiger partial charge on any atom is 0.402 e. The molecule has 0 saturated carbocycles. The lowest BCUT2D eigenvalue weighted by molar-refractivity contribution is -0.173. The van der Waals surface area contributed by atoms with Crippen molar-refractivity contribution in [3.8, 4) is 22.6 Å². The third-order valence-electron chi connectivity index (χ3n) is 7.76. The molecule has 0 spiro atoms. The van der Waals surface area contributed by atoms with E-state index in [9.17, 15) is 42.6 Å². The summed E-state index contributed by atoms with van der Waals surface area (Å²) in [6.45, 7) is 0.925. The lowest BCUT2D eigenvalue weighted by Gasteiger charge is -2.34. The molecular weight excluding hydrogens is 553 g/mol. The van der Waals surface area contributed by atoms with Gasteiger partial charge in [-0.15, -0.1) is 0 Å². The number of amides is 4. The van der Waals surface area contributed by atoms with Crippen molar-refractivity contribution < 1.29 is 42.6 Å². The summed E-state index contributed by atoms with van der Waals surface area (Å²) in [7, 11) is 0. The Hall–Kier alpha value is -5.45. The quantitative estimate of drug-likeness (QED) is 0.285. The van der Waals surface area contributed by atoms with Gasteiger partial charge >= 0.3 is 6.18 Å². The number of benzene rings is 4. The van der Waals surface area contributed by atoms with Crippen LogP contribution in [0.15, 0.2) is 78.9 Å². The van der Waals surface area contributed by atoms with E-state index in [1.165, 1.54) is 30.3 Å². The summed E-state index contributed by atoms with van der Waals surface area (Å²) < 4.78 is 43.7. The Morgan fingerprint density at radius 3 is 1.83 bits per heavy atom. The van der Waals surface area contributed by atoms with Crippen LogP contribution in [-0.2, 0) is 5.41 Å². The van der Waals surface area contributed by atoms with Gasteiger partial charge in [0.15, 0.2) is 0 Å². The van der Waals surface area contributed by atoms with Gasteiger partial charge in [0.05, 0.1) is 27.9 Å². The van der Waals surface area contributed by atoms with Crippen molar-refractivity contribution in [2.24, 2.45) is 0 Å². The predicted molar refractivity (Wildman–Crippen MR) is 144 cm³/mol. The zero-order valence-corrected chi connectivity index (χ0v) is 21.6. The Kier molecular flexibility index (Phi) is 5.75. The molecule has 210 valence electrons. The summed E-state index contributed by atoms with van der Waals surface area (Å²) in [6, 6.07) is 16.3. The number of phenolic OH excluding ortho intramolecular Hbond substituents is 2. The monoisotopic (exact) mass is 572 g/mol. The minimum Gasteiger partial charge on any atom is -0.508 e. The van der Waals surface area contributed by atoms with Gasteiger partial charge in [0.1, 0.15) is 16.9 Å². The molecule has 3 N–H and O–H groups in total. The summed E-state index contributed by atoms with van der Waals surface area (Å²) in [5.41, 5.74) is -2.40. The molecule has 2 aliphatic heterocycles. The fourth-order valence-corrected chi connectivity index (χ4v) is 5.29. The first-order valence-corrected chi connectivity index (χ1v) is 12.5. The van der Waals surface area contributed by atoms with Crippen LogP contribution in [0, 0.1) is 0 Å². The molecule has 0 aromatic heterocycles. The summed E-state index contributed by atoms with van der Waals surface area (Å²) in [5.74, 6) is -3.61. The smallest absolute Gasteiger partial charge is 0.402 e. The topological polar surface area (TPSA) is 124 Å². The number of hydrogen-bond acceptors (Lipinski definition) is 6. The SMILES string of the molecule is CC(c1ccc(O)cc1)(c1ccc(O)c(N2C(=O)c3ccc(-c4ccc5c(c4)C(=O)NC5=O)cc3C2=O)c1)C(F)(F)F. The van der Waals surface area contributed by atoms with E-state index in [2.05, 4.69) is 5.32 Å². The molecule has 2 aliphatic rings. The van der Waals surface area contributed by atoms with Crippen molar-refractivity contribution in [1.29, 1.82) is 0 Å². The Morgan fingerprint density at radius 1 is 0.643 bits per heavy atom. The number of rotatable bonds is 4. The highest BCUT2D eigenvalue weighted by molar-refractivity contribution is 6.35. The molecule has 4 aromatic carbocycles. The van der Waals surface area contributed by atoms with E-state index in [4.69, 9.17) is 0 Å². The van der Waals surface area contributed by atoms with Crippen molar-refractivity contribution in [3.63, 3.8) is 0 Å². The molecule has 8 nitrogen and oxygen atoms in total. The number of hydrogen-bond donors (Lipinski definition) is 3. The number of nitrogens with zero attached hydrogens (tertiary/aromatic N) is 1. The van der Waals surface area contributed by atoms with Crippen LogP contribution in [0.5, 0.6) is 11.5 Å². The molecule has 1 atom stereocenters. The van der Waals surface area contributed by atoms with Crippen LogP contribution in [-0.4, -0.2) is 40.0 Å².